The van der Waals surface area contributed by atoms with Gasteiger partial charge in [-0.3, -0.25) is 4.90 Å². The number of aromatic nitrogens is 1. The number of benzene rings is 3. The van der Waals surface area contributed by atoms with Crippen molar-refractivity contribution in [2.24, 2.45) is 0 Å². The first-order chi connectivity index (χ1) is 21.1. The number of fused-ring (bicyclic) bond motifs is 6. The minimum absolute atomic E-state index is 0.0145. The second-order valence-corrected chi connectivity index (χ2v) is 11.8. The predicted octanol–water partition coefficient (Wildman–Crippen LogP) is 6.39. The Kier molecular flexibility index (Phi) is 6.55. The summed E-state index contributed by atoms with van der Waals surface area (Å²) < 4.78 is 49.7. The van der Waals surface area contributed by atoms with Gasteiger partial charge in [-0.25, -0.2) is 18.6 Å². The van der Waals surface area contributed by atoms with Crippen LogP contribution in [0.3, 0.4) is 0 Å². The molecule has 1 amide bonds. The van der Waals surface area contributed by atoms with Crippen LogP contribution in [0.4, 0.5) is 19.4 Å². The number of nitrogens with zero attached hydrogens (tertiary/aromatic N) is 3. The molecule has 0 saturated carbocycles. The molecule has 0 radical (unpaired) electrons. The van der Waals surface area contributed by atoms with E-state index >= 15 is 8.78 Å². The Morgan fingerprint density at radius 3 is 2.68 bits per heavy atom. The lowest BCUT2D eigenvalue weighted by atomic mass is 9.91. The summed E-state index contributed by atoms with van der Waals surface area (Å²) in [7, 11) is 1.49. The standard InChI is InChI=1S/C34H31F2N3O5/c1-6-22-25(35)9-7-19-11-21(43-15-42-5)12-23(29(19)22)24-13-27-30-28(31(24)36)16(2)17(3)37-33(30)38-14-20-8-10-26(39(20)34(40)41)32(38)18(4)44-27/h1,7,9,11-13,18,20,26,32H,8,10,14-15H2,2-5H3,(H,40,41). The lowest BCUT2D eigenvalue weighted by Gasteiger charge is -2.47. The van der Waals surface area contributed by atoms with E-state index in [1.807, 2.05) is 20.8 Å². The van der Waals surface area contributed by atoms with E-state index < -0.39 is 23.8 Å². The van der Waals surface area contributed by atoms with Crippen LogP contribution in [0.2, 0.25) is 0 Å². The van der Waals surface area contributed by atoms with E-state index in [-0.39, 0.29) is 36.0 Å². The number of ether oxygens (including phenoxy) is 3. The maximum Gasteiger partial charge on any atom is 0.407 e. The van der Waals surface area contributed by atoms with Gasteiger partial charge in [-0.1, -0.05) is 12.0 Å². The van der Waals surface area contributed by atoms with Crippen LogP contribution in [-0.2, 0) is 4.74 Å². The van der Waals surface area contributed by atoms with E-state index in [2.05, 4.69) is 10.8 Å². The SMILES string of the molecule is C#Cc1c(F)ccc2cc(OCOC)cc(-c3cc4c5c(nc(C)c(C)c5c3F)N3CC5CCC(C3C(C)O4)N5C(=O)O)c12. The molecule has 0 spiro atoms. The van der Waals surface area contributed by atoms with Gasteiger partial charge in [-0.2, -0.15) is 0 Å². The molecule has 4 aromatic rings. The van der Waals surface area contributed by atoms with Crippen LogP contribution in [0.1, 0.15) is 36.6 Å². The number of rotatable bonds is 4. The lowest BCUT2D eigenvalue weighted by Crippen LogP contribution is -2.64. The first-order valence-corrected chi connectivity index (χ1v) is 14.6. The minimum Gasteiger partial charge on any atom is -0.488 e. The van der Waals surface area contributed by atoms with Crippen LogP contribution >= 0.6 is 0 Å². The summed E-state index contributed by atoms with van der Waals surface area (Å²) in [5.41, 5.74) is 1.82. The molecule has 3 aliphatic heterocycles. The van der Waals surface area contributed by atoms with E-state index in [4.69, 9.17) is 25.6 Å². The fraction of sp³-hybridized carbons (Fsp3) is 0.353. The molecule has 3 aromatic carbocycles. The second-order valence-electron chi connectivity index (χ2n) is 11.8. The molecule has 7 rings (SSSR count). The molecule has 44 heavy (non-hydrogen) atoms. The summed E-state index contributed by atoms with van der Waals surface area (Å²) in [6, 6.07) is 7.03. The van der Waals surface area contributed by atoms with Gasteiger partial charge in [0.05, 0.1) is 29.1 Å². The summed E-state index contributed by atoms with van der Waals surface area (Å²) in [5.74, 6) is 2.73. The average Bonchev–Trinajstić information content (AvgIpc) is 3.25. The van der Waals surface area contributed by atoms with E-state index in [9.17, 15) is 9.90 Å². The van der Waals surface area contributed by atoms with Crippen molar-refractivity contribution in [2.75, 3.05) is 25.3 Å². The molecule has 1 aromatic heterocycles. The highest BCUT2D eigenvalue weighted by Gasteiger charge is 2.52. The zero-order valence-corrected chi connectivity index (χ0v) is 24.8. The molecule has 10 heteroatoms. The van der Waals surface area contributed by atoms with Crippen molar-refractivity contribution < 1.29 is 32.9 Å². The highest BCUT2D eigenvalue weighted by atomic mass is 19.1. The maximum absolute atomic E-state index is 17.2. The highest BCUT2D eigenvalue weighted by Crippen LogP contribution is 2.49. The number of carbonyl (C=O) groups is 1. The molecule has 2 bridgehead atoms. The van der Waals surface area contributed by atoms with Crippen molar-refractivity contribution in [3.63, 3.8) is 0 Å². The Morgan fingerprint density at radius 2 is 1.95 bits per heavy atom. The third kappa shape index (κ3) is 3.99. The number of piperazine rings is 1. The molecule has 0 aliphatic carbocycles. The monoisotopic (exact) mass is 599 g/mol. The Hall–Kier alpha value is -4.62. The largest absolute Gasteiger partial charge is 0.488 e. The van der Waals surface area contributed by atoms with E-state index in [1.54, 1.807) is 29.2 Å². The summed E-state index contributed by atoms with van der Waals surface area (Å²) in [6.45, 7) is 5.96. The average molecular weight is 600 g/mol. The van der Waals surface area contributed by atoms with Gasteiger partial charge in [0.25, 0.3) is 0 Å². The van der Waals surface area contributed by atoms with Crippen LogP contribution in [0.5, 0.6) is 11.5 Å². The fourth-order valence-electron chi connectivity index (χ4n) is 7.51. The summed E-state index contributed by atoms with van der Waals surface area (Å²) >= 11 is 0. The van der Waals surface area contributed by atoms with Crippen molar-refractivity contribution >= 4 is 33.5 Å². The highest BCUT2D eigenvalue weighted by molar-refractivity contribution is 6.07. The van der Waals surface area contributed by atoms with E-state index in [1.165, 1.54) is 13.2 Å². The molecule has 4 atom stereocenters. The quantitative estimate of drug-likeness (QED) is 0.215. The van der Waals surface area contributed by atoms with Gasteiger partial charge in [-0.15, -0.1) is 6.42 Å². The molecule has 8 nitrogen and oxygen atoms in total. The summed E-state index contributed by atoms with van der Waals surface area (Å²) in [6.07, 6.45) is 5.83. The van der Waals surface area contributed by atoms with Crippen LogP contribution < -0.4 is 14.4 Å². The second kappa shape index (κ2) is 10.2. The van der Waals surface area contributed by atoms with Gasteiger partial charge in [-0.05, 0) is 74.4 Å². The zero-order chi connectivity index (χ0) is 31.0. The van der Waals surface area contributed by atoms with Crippen molar-refractivity contribution in [3.8, 4) is 35.0 Å². The minimum atomic E-state index is -0.948. The molecule has 2 fully saturated rings. The van der Waals surface area contributed by atoms with Gasteiger partial charge in [0, 0.05) is 35.7 Å². The number of pyridine rings is 1. The Morgan fingerprint density at radius 1 is 1.16 bits per heavy atom. The maximum atomic E-state index is 17.2. The Labute approximate surface area is 253 Å². The fourth-order valence-corrected chi connectivity index (χ4v) is 7.51. The van der Waals surface area contributed by atoms with Gasteiger partial charge in [0.15, 0.2) is 6.79 Å². The van der Waals surface area contributed by atoms with E-state index in [0.717, 1.165) is 6.42 Å². The normalized spacial score (nSPS) is 22.0. The number of halogens is 2. The van der Waals surface area contributed by atoms with Crippen LogP contribution in [0.15, 0.2) is 30.3 Å². The molecule has 226 valence electrons. The predicted molar refractivity (Wildman–Crippen MR) is 162 cm³/mol. The van der Waals surface area contributed by atoms with Crippen molar-refractivity contribution in [2.45, 2.75) is 57.8 Å². The third-order valence-electron chi connectivity index (χ3n) is 9.46. The Balaban J connectivity index is 1.52. The number of hydrogen-bond acceptors (Lipinski definition) is 6. The third-order valence-corrected chi connectivity index (χ3v) is 9.46. The molecular formula is C34H31F2N3O5. The van der Waals surface area contributed by atoms with Crippen molar-refractivity contribution in [3.05, 3.63) is 58.8 Å². The molecule has 4 heterocycles. The van der Waals surface area contributed by atoms with Gasteiger partial charge in [0.1, 0.15) is 35.1 Å². The summed E-state index contributed by atoms with van der Waals surface area (Å²) in [4.78, 5) is 20.9. The van der Waals surface area contributed by atoms with Gasteiger partial charge >= 0.3 is 6.09 Å². The number of aryl methyl sites for hydroxylation is 2. The molecule has 3 aliphatic rings. The van der Waals surface area contributed by atoms with E-state index in [0.29, 0.717) is 68.6 Å². The number of hydrogen-bond donors (Lipinski definition) is 1. The topological polar surface area (TPSA) is 84.4 Å². The number of carboxylic acid groups (broad SMARTS) is 1. The smallest absolute Gasteiger partial charge is 0.407 e. The van der Waals surface area contributed by atoms with Gasteiger partial charge in [0.2, 0.25) is 0 Å². The van der Waals surface area contributed by atoms with Crippen LogP contribution in [0, 0.1) is 37.8 Å². The molecular weight excluding hydrogens is 568 g/mol. The number of terminal acetylenes is 1. The van der Waals surface area contributed by atoms with Crippen molar-refractivity contribution in [1.29, 1.82) is 0 Å². The number of methoxy groups -OCH3 is 1. The first-order valence-electron chi connectivity index (χ1n) is 14.6. The van der Waals surface area contributed by atoms with Crippen LogP contribution in [0.25, 0.3) is 32.7 Å². The molecule has 2 saturated heterocycles. The first kappa shape index (κ1) is 28.2. The van der Waals surface area contributed by atoms with Crippen LogP contribution in [-0.4, -0.2) is 65.8 Å². The number of anilines is 1. The Bertz CT molecular complexity index is 1920. The lowest BCUT2D eigenvalue weighted by molar-refractivity contribution is 0.0512. The summed E-state index contributed by atoms with van der Waals surface area (Å²) in [5, 5.41) is 11.9. The van der Waals surface area contributed by atoms with Gasteiger partial charge < -0.3 is 24.2 Å². The zero-order valence-electron chi connectivity index (χ0n) is 24.8. The molecule has 4 unspecified atom stereocenters. The number of amides is 1. The van der Waals surface area contributed by atoms with Crippen molar-refractivity contribution in [1.82, 2.24) is 9.88 Å². The molecule has 1 N–H and O–H groups in total.